The molecular formula is C14H20BrNO. The van der Waals surface area contributed by atoms with Gasteiger partial charge >= 0.3 is 0 Å². The van der Waals surface area contributed by atoms with Crippen molar-refractivity contribution in [3.05, 3.63) is 27.2 Å². The van der Waals surface area contributed by atoms with Gasteiger partial charge in [0.2, 0.25) is 0 Å². The molecule has 1 fully saturated rings. The number of piperidine rings is 1. The molecule has 1 aliphatic heterocycles. The van der Waals surface area contributed by atoms with E-state index < -0.39 is 0 Å². The molecule has 1 aromatic rings. The van der Waals surface area contributed by atoms with Crippen LogP contribution in [0.3, 0.4) is 0 Å². The molecule has 1 heterocycles. The second-order valence-corrected chi connectivity index (χ2v) is 5.59. The standard InChI is InChI=1S/C14H20BrNO/c1-9-7-12(11-5-4-6-16-8-11)14(17-3)10(2)13(9)15/h7,11,16H,4-6,8H2,1-3H3. The first-order valence-electron chi connectivity index (χ1n) is 6.19. The van der Waals surface area contributed by atoms with E-state index in [1.165, 1.54) is 34.0 Å². The fourth-order valence-electron chi connectivity index (χ4n) is 2.67. The predicted octanol–water partition coefficient (Wildman–Crippen LogP) is 3.54. The van der Waals surface area contributed by atoms with E-state index in [0.29, 0.717) is 5.92 Å². The molecule has 1 N–H and O–H groups in total. The first-order chi connectivity index (χ1) is 8.15. The molecule has 0 spiro atoms. The molecule has 0 bridgehead atoms. The Balaban J connectivity index is 2.44. The van der Waals surface area contributed by atoms with E-state index in [0.717, 1.165) is 18.8 Å². The van der Waals surface area contributed by atoms with Crippen molar-refractivity contribution in [3.8, 4) is 5.75 Å². The summed E-state index contributed by atoms with van der Waals surface area (Å²) >= 11 is 3.63. The van der Waals surface area contributed by atoms with E-state index in [4.69, 9.17) is 4.74 Å². The van der Waals surface area contributed by atoms with Crippen molar-refractivity contribution in [2.75, 3.05) is 20.2 Å². The van der Waals surface area contributed by atoms with Gasteiger partial charge in [-0.3, -0.25) is 0 Å². The Labute approximate surface area is 112 Å². The molecule has 2 rings (SSSR count). The highest BCUT2D eigenvalue weighted by atomic mass is 79.9. The molecule has 94 valence electrons. The van der Waals surface area contributed by atoms with E-state index in [-0.39, 0.29) is 0 Å². The molecule has 17 heavy (non-hydrogen) atoms. The molecule has 1 saturated heterocycles. The first-order valence-corrected chi connectivity index (χ1v) is 6.98. The number of halogens is 1. The highest BCUT2D eigenvalue weighted by Gasteiger charge is 2.21. The summed E-state index contributed by atoms with van der Waals surface area (Å²) in [7, 11) is 1.77. The van der Waals surface area contributed by atoms with Gasteiger partial charge in [-0.05, 0) is 44.4 Å². The predicted molar refractivity (Wildman–Crippen MR) is 75.0 cm³/mol. The van der Waals surface area contributed by atoms with Crippen LogP contribution in [0.4, 0.5) is 0 Å². The third kappa shape index (κ3) is 2.50. The van der Waals surface area contributed by atoms with E-state index in [1.54, 1.807) is 7.11 Å². The summed E-state index contributed by atoms with van der Waals surface area (Å²) in [6.45, 7) is 6.48. The lowest BCUT2D eigenvalue weighted by Crippen LogP contribution is -2.28. The topological polar surface area (TPSA) is 21.3 Å². The number of hydrogen-bond acceptors (Lipinski definition) is 2. The lowest BCUT2D eigenvalue weighted by molar-refractivity contribution is 0.389. The van der Waals surface area contributed by atoms with Gasteiger partial charge in [-0.2, -0.15) is 0 Å². The van der Waals surface area contributed by atoms with Crippen LogP contribution in [0.25, 0.3) is 0 Å². The van der Waals surface area contributed by atoms with Crippen molar-refractivity contribution in [1.82, 2.24) is 5.32 Å². The highest BCUT2D eigenvalue weighted by molar-refractivity contribution is 9.10. The smallest absolute Gasteiger partial charge is 0.126 e. The Morgan fingerprint density at radius 3 is 2.76 bits per heavy atom. The van der Waals surface area contributed by atoms with E-state index in [2.05, 4.69) is 41.2 Å². The number of hydrogen-bond donors (Lipinski definition) is 1. The van der Waals surface area contributed by atoms with E-state index in [9.17, 15) is 0 Å². The Bertz CT molecular complexity index is 411. The Morgan fingerprint density at radius 1 is 1.41 bits per heavy atom. The Kier molecular flexibility index (Phi) is 4.10. The maximum Gasteiger partial charge on any atom is 0.126 e. The summed E-state index contributed by atoms with van der Waals surface area (Å²) in [6.07, 6.45) is 2.51. The summed E-state index contributed by atoms with van der Waals surface area (Å²) in [4.78, 5) is 0. The fourth-order valence-corrected chi connectivity index (χ4v) is 2.96. The van der Waals surface area contributed by atoms with Crippen LogP contribution in [0.5, 0.6) is 5.75 Å². The average Bonchev–Trinajstić information content (AvgIpc) is 2.36. The molecule has 0 aliphatic carbocycles. The lowest BCUT2D eigenvalue weighted by atomic mass is 9.88. The molecular weight excluding hydrogens is 278 g/mol. The molecule has 0 amide bonds. The number of methoxy groups -OCH3 is 1. The van der Waals surface area contributed by atoms with Gasteiger partial charge in [-0.15, -0.1) is 0 Å². The lowest BCUT2D eigenvalue weighted by Gasteiger charge is -2.26. The summed E-state index contributed by atoms with van der Waals surface area (Å²) < 4.78 is 6.78. The van der Waals surface area contributed by atoms with Crippen LogP contribution in [0.2, 0.25) is 0 Å². The van der Waals surface area contributed by atoms with Crippen molar-refractivity contribution >= 4 is 15.9 Å². The average molecular weight is 298 g/mol. The molecule has 2 nitrogen and oxygen atoms in total. The molecule has 3 heteroatoms. The van der Waals surface area contributed by atoms with Crippen molar-refractivity contribution in [1.29, 1.82) is 0 Å². The zero-order chi connectivity index (χ0) is 12.4. The molecule has 1 atom stereocenters. The zero-order valence-electron chi connectivity index (χ0n) is 10.8. The minimum absolute atomic E-state index is 0.587. The maximum absolute atomic E-state index is 5.61. The van der Waals surface area contributed by atoms with Gasteiger partial charge < -0.3 is 10.1 Å². The quantitative estimate of drug-likeness (QED) is 0.901. The molecule has 1 aliphatic rings. The number of ether oxygens (including phenoxy) is 1. The summed E-state index contributed by atoms with van der Waals surface area (Å²) in [5.41, 5.74) is 3.87. The van der Waals surface area contributed by atoms with Gasteiger partial charge in [-0.25, -0.2) is 0 Å². The normalized spacial score (nSPS) is 20.4. The highest BCUT2D eigenvalue weighted by Crippen LogP contribution is 2.38. The summed E-state index contributed by atoms with van der Waals surface area (Å²) in [6, 6.07) is 2.27. The van der Waals surface area contributed by atoms with Gasteiger partial charge in [0.15, 0.2) is 0 Å². The molecule has 0 saturated carbocycles. The fraction of sp³-hybridized carbons (Fsp3) is 0.571. The van der Waals surface area contributed by atoms with Crippen molar-refractivity contribution < 1.29 is 4.74 Å². The molecule has 0 radical (unpaired) electrons. The van der Waals surface area contributed by atoms with Crippen molar-refractivity contribution in [3.63, 3.8) is 0 Å². The zero-order valence-corrected chi connectivity index (χ0v) is 12.4. The van der Waals surface area contributed by atoms with Crippen LogP contribution in [0, 0.1) is 13.8 Å². The van der Waals surface area contributed by atoms with Crippen LogP contribution < -0.4 is 10.1 Å². The molecule has 1 aromatic carbocycles. The van der Waals surface area contributed by atoms with Gasteiger partial charge in [0.05, 0.1) is 7.11 Å². The van der Waals surface area contributed by atoms with E-state index >= 15 is 0 Å². The van der Waals surface area contributed by atoms with Gasteiger partial charge in [0.1, 0.15) is 5.75 Å². The minimum atomic E-state index is 0.587. The number of rotatable bonds is 2. The molecule has 1 unspecified atom stereocenters. The van der Waals surface area contributed by atoms with Crippen molar-refractivity contribution in [2.24, 2.45) is 0 Å². The van der Waals surface area contributed by atoms with Crippen molar-refractivity contribution in [2.45, 2.75) is 32.6 Å². The van der Waals surface area contributed by atoms with Gasteiger partial charge in [0, 0.05) is 22.5 Å². The van der Waals surface area contributed by atoms with Crippen LogP contribution >= 0.6 is 15.9 Å². The van der Waals surface area contributed by atoms with Crippen LogP contribution in [0.15, 0.2) is 10.5 Å². The second-order valence-electron chi connectivity index (χ2n) is 4.80. The van der Waals surface area contributed by atoms with E-state index in [1.807, 2.05) is 0 Å². The third-order valence-corrected chi connectivity index (χ3v) is 4.81. The van der Waals surface area contributed by atoms with Gasteiger partial charge in [0.25, 0.3) is 0 Å². The third-order valence-electron chi connectivity index (χ3n) is 3.59. The summed E-state index contributed by atoms with van der Waals surface area (Å²) in [5.74, 6) is 1.64. The Hall–Kier alpha value is -0.540. The first kappa shape index (κ1) is 12.9. The number of nitrogens with one attached hydrogen (secondary N) is 1. The molecule has 0 aromatic heterocycles. The SMILES string of the molecule is COc1c(C2CCCNC2)cc(C)c(Br)c1C. The maximum atomic E-state index is 5.61. The summed E-state index contributed by atoms with van der Waals surface area (Å²) in [5, 5.41) is 3.47. The Morgan fingerprint density at radius 2 is 2.18 bits per heavy atom. The largest absolute Gasteiger partial charge is 0.496 e. The second kappa shape index (κ2) is 5.40. The van der Waals surface area contributed by atoms with Crippen LogP contribution in [0.1, 0.15) is 35.4 Å². The number of benzene rings is 1. The monoisotopic (exact) mass is 297 g/mol. The minimum Gasteiger partial charge on any atom is -0.496 e. The van der Waals surface area contributed by atoms with Crippen LogP contribution in [-0.4, -0.2) is 20.2 Å². The number of aryl methyl sites for hydroxylation is 1. The van der Waals surface area contributed by atoms with Gasteiger partial charge in [-0.1, -0.05) is 22.0 Å². The van der Waals surface area contributed by atoms with Crippen LogP contribution in [-0.2, 0) is 0 Å².